The van der Waals surface area contributed by atoms with Gasteiger partial charge in [-0.2, -0.15) is 0 Å². The van der Waals surface area contributed by atoms with Gasteiger partial charge in [-0.05, 0) is 60.6 Å². The summed E-state index contributed by atoms with van der Waals surface area (Å²) in [5.74, 6) is 0.964. The fourth-order valence-corrected chi connectivity index (χ4v) is 5.52. The summed E-state index contributed by atoms with van der Waals surface area (Å²) in [4.78, 5) is 26.5. The lowest BCUT2D eigenvalue weighted by molar-refractivity contribution is -0.115. The number of aromatic nitrogens is 1. The number of thioether (sulfide) groups is 1. The van der Waals surface area contributed by atoms with Crippen LogP contribution < -0.4 is 10.2 Å². The van der Waals surface area contributed by atoms with Gasteiger partial charge in [-0.1, -0.05) is 60.7 Å². The van der Waals surface area contributed by atoms with E-state index in [0.717, 1.165) is 28.0 Å². The van der Waals surface area contributed by atoms with Crippen molar-refractivity contribution in [3.05, 3.63) is 93.6 Å². The van der Waals surface area contributed by atoms with Crippen LogP contribution in [0.1, 0.15) is 31.0 Å². The van der Waals surface area contributed by atoms with E-state index in [9.17, 15) is 9.59 Å². The van der Waals surface area contributed by atoms with E-state index in [1.54, 1.807) is 11.8 Å². The summed E-state index contributed by atoms with van der Waals surface area (Å²) in [5.41, 5.74) is 3.81. The van der Waals surface area contributed by atoms with Gasteiger partial charge >= 0.3 is 4.87 Å². The van der Waals surface area contributed by atoms with Gasteiger partial charge in [-0.25, -0.2) is 0 Å². The summed E-state index contributed by atoms with van der Waals surface area (Å²) in [6, 6.07) is 24.1. The fourth-order valence-electron chi connectivity index (χ4n) is 3.84. The van der Waals surface area contributed by atoms with E-state index < -0.39 is 0 Å². The number of carbonyl (C=O) groups excluding carboxylic acids is 1. The number of nitrogens with one attached hydrogen (secondary N) is 1. The van der Waals surface area contributed by atoms with Crippen LogP contribution in [0.25, 0.3) is 10.2 Å². The van der Waals surface area contributed by atoms with Crippen molar-refractivity contribution in [3.63, 3.8) is 0 Å². The first-order valence-electron chi connectivity index (χ1n) is 10.7. The van der Waals surface area contributed by atoms with Crippen molar-refractivity contribution in [1.82, 2.24) is 4.57 Å². The molecule has 1 amide bonds. The van der Waals surface area contributed by atoms with Crippen LogP contribution in [-0.2, 0) is 17.6 Å². The molecule has 0 bridgehead atoms. The standard InChI is InChI=1S/C26H26N2O2S2/c1-3-31-22-12-9-20(10-13-22)16-25(29)27-21-11-14-23-24(17-21)32-26(30)28(23)18(2)15-19-7-5-4-6-8-19/h4-14,17-18H,3,15-16H2,1-2H3,(H,27,29). The topological polar surface area (TPSA) is 51.1 Å². The largest absolute Gasteiger partial charge is 0.326 e. The number of benzene rings is 3. The zero-order valence-corrected chi connectivity index (χ0v) is 19.8. The van der Waals surface area contributed by atoms with E-state index >= 15 is 0 Å². The Morgan fingerprint density at radius 1 is 1.03 bits per heavy atom. The third-order valence-electron chi connectivity index (χ3n) is 5.31. The van der Waals surface area contributed by atoms with Crippen molar-refractivity contribution in [2.75, 3.05) is 11.1 Å². The Hall–Kier alpha value is -2.83. The molecule has 0 saturated heterocycles. The Morgan fingerprint density at radius 3 is 2.50 bits per heavy atom. The molecule has 1 unspecified atom stereocenters. The molecule has 0 aliphatic rings. The molecule has 0 aliphatic heterocycles. The second-order valence-electron chi connectivity index (χ2n) is 7.76. The minimum absolute atomic E-state index is 0.0250. The highest BCUT2D eigenvalue weighted by molar-refractivity contribution is 7.99. The summed E-state index contributed by atoms with van der Waals surface area (Å²) < 4.78 is 2.74. The minimum atomic E-state index is -0.0653. The molecular formula is C26H26N2O2S2. The summed E-state index contributed by atoms with van der Waals surface area (Å²) in [5, 5.41) is 2.97. The van der Waals surface area contributed by atoms with Gasteiger partial charge in [-0.3, -0.25) is 14.2 Å². The molecule has 0 fully saturated rings. The number of anilines is 1. The Balaban J connectivity index is 1.47. The molecule has 0 saturated carbocycles. The van der Waals surface area contributed by atoms with Crippen molar-refractivity contribution in [1.29, 1.82) is 0 Å². The quantitative estimate of drug-likeness (QED) is 0.319. The van der Waals surface area contributed by atoms with Crippen molar-refractivity contribution >= 4 is 44.9 Å². The average Bonchev–Trinajstić information content (AvgIpc) is 3.11. The molecule has 4 nitrogen and oxygen atoms in total. The second kappa shape index (κ2) is 10.2. The maximum Gasteiger partial charge on any atom is 0.308 e. The fraction of sp³-hybridized carbons (Fsp3) is 0.231. The molecule has 4 aromatic rings. The van der Waals surface area contributed by atoms with E-state index in [4.69, 9.17) is 0 Å². The Morgan fingerprint density at radius 2 is 1.78 bits per heavy atom. The van der Waals surface area contributed by atoms with Gasteiger partial charge in [0, 0.05) is 16.6 Å². The van der Waals surface area contributed by atoms with Crippen LogP contribution in [-0.4, -0.2) is 16.2 Å². The zero-order valence-electron chi connectivity index (χ0n) is 18.2. The van der Waals surface area contributed by atoms with Gasteiger partial charge in [0.15, 0.2) is 0 Å². The lowest BCUT2D eigenvalue weighted by Gasteiger charge is -2.14. The number of carbonyl (C=O) groups is 1. The molecular weight excluding hydrogens is 436 g/mol. The van der Waals surface area contributed by atoms with Crippen molar-refractivity contribution in [3.8, 4) is 0 Å². The van der Waals surface area contributed by atoms with E-state index in [0.29, 0.717) is 12.1 Å². The van der Waals surface area contributed by atoms with Crippen molar-refractivity contribution in [2.24, 2.45) is 0 Å². The smallest absolute Gasteiger partial charge is 0.308 e. The average molecular weight is 463 g/mol. The van der Waals surface area contributed by atoms with Gasteiger partial charge in [-0.15, -0.1) is 11.8 Å². The molecule has 6 heteroatoms. The predicted octanol–water partition coefficient (Wildman–Crippen LogP) is 6.16. The monoisotopic (exact) mass is 462 g/mol. The number of thiazole rings is 1. The van der Waals surface area contributed by atoms with Crippen LogP contribution >= 0.6 is 23.1 Å². The first kappa shape index (κ1) is 22.4. The van der Waals surface area contributed by atoms with E-state index in [1.807, 2.05) is 53.1 Å². The van der Waals surface area contributed by atoms with E-state index in [1.165, 1.54) is 21.8 Å². The molecule has 1 aromatic heterocycles. The highest BCUT2D eigenvalue weighted by atomic mass is 32.2. The van der Waals surface area contributed by atoms with Gasteiger partial charge < -0.3 is 5.32 Å². The third-order valence-corrected chi connectivity index (χ3v) is 7.12. The van der Waals surface area contributed by atoms with Crippen molar-refractivity contribution < 1.29 is 4.79 Å². The summed E-state index contributed by atoms with van der Waals surface area (Å²) in [6.07, 6.45) is 1.11. The molecule has 0 spiro atoms. The van der Waals surface area contributed by atoms with Gasteiger partial charge in [0.2, 0.25) is 5.91 Å². The maximum atomic E-state index is 12.7. The van der Waals surface area contributed by atoms with E-state index in [2.05, 4.69) is 43.4 Å². The summed E-state index contributed by atoms with van der Waals surface area (Å²) in [7, 11) is 0. The molecule has 4 rings (SSSR count). The number of nitrogens with zero attached hydrogens (tertiary/aromatic N) is 1. The highest BCUT2D eigenvalue weighted by Gasteiger charge is 2.15. The van der Waals surface area contributed by atoms with Crippen LogP contribution in [0, 0.1) is 0 Å². The van der Waals surface area contributed by atoms with Crippen LogP contribution in [0.5, 0.6) is 0 Å². The maximum absolute atomic E-state index is 12.7. The normalized spacial score (nSPS) is 12.1. The molecule has 3 aromatic carbocycles. The van der Waals surface area contributed by atoms with E-state index in [-0.39, 0.29) is 16.8 Å². The first-order valence-corrected chi connectivity index (χ1v) is 12.5. The van der Waals surface area contributed by atoms with Crippen LogP contribution in [0.4, 0.5) is 5.69 Å². The Bertz CT molecular complexity index is 1260. The second-order valence-corrected chi connectivity index (χ2v) is 10.1. The highest BCUT2D eigenvalue weighted by Crippen LogP contribution is 2.26. The lowest BCUT2D eigenvalue weighted by atomic mass is 10.1. The molecule has 1 N–H and O–H groups in total. The number of amides is 1. The minimum Gasteiger partial charge on any atom is -0.326 e. The van der Waals surface area contributed by atoms with Crippen LogP contribution in [0.2, 0.25) is 0 Å². The molecule has 1 atom stereocenters. The number of rotatable bonds is 8. The zero-order chi connectivity index (χ0) is 22.5. The lowest BCUT2D eigenvalue weighted by Crippen LogP contribution is -2.19. The number of hydrogen-bond acceptors (Lipinski definition) is 4. The summed E-state index contributed by atoms with van der Waals surface area (Å²) >= 11 is 3.01. The Labute approximate surface area is 196 Å². The van der Waals surface area contributed by atoms with Gasteiger partial charge in [0.25, 0.3) is 0 Å². The van der Waals surface area contributed by atoms with Crippen molar-refractivity contribution in [2.45, 2.75) is 37.6 Å². The van der Waals surface area contributed by atoms with Crippen LogP contribution in [0.3, 0.4) is 0 Å². The molecule has 164 valence electrons. The van der Waals surface area contributed by atoms with Crippen LogP contribution in [0.15, 0.2) is 82.5 Å². The number of fused-ring (bicyclic) bond motifs is 1. The molecule has 0 radical (unpaired) electrons. The van der Waals surface area contributed by atoms with Gasteiger partial charge in [0.05, 0.1) is 16.6 Å². The van der Waals surface area contributed by atoms with Gasteiger partial charge in [0.1, 0.15) is 0 Å². The SMILES string of the molecule is CCSc1ccc(CC(=O)Nc2ccc3c(c2)sc(=O)n3C(C)Cc2ccccc2)cc1. The first-order chi connectivity index (χ1) is 15.5. The third kappa shape index (κ3) is 5.31. The predicted molar refractivity (Wildman–Crippen MR) is 136 cm³/mol. The number of hydrogen-bond donors (Lipinski definition) is 1. The molecule has 32 heavy (non-hydrogen) atoms. The Kier molecular flexibility index (Phi) is 7.12. The summed E-state index contributed by atoms with van der Waals surface area (Å²) in [6.45, 7) is 4.19. The molecule has 1 heterocycles. The molecule has 0 aliphatic carbocycles.